The van der Waals surface area contributed by atoms with Gasteiger partial charge in [0.2, 0.25) is 0 Å². The van der Waals surface area contributed by atoms with Crippen LogP contribution in [0, 0.1) is 5.41 Å². The molecule has 1 aliphatic rings. The first kappa shape index (κ1) is 11.6. The van der Waals surface area contributed by atoms with Crippen molar-refractivity contribution in [3.05, 3.63) is 22.4 Å². The van der Waals surface area contributed by atoms with Crippen LogP contribution in [0.3, 0.4) is 0 Å². The lowest BCUT2D eigenvalue weighted by molar-refractivity contribution is -0.139. The Morgan fingerprint density at radius 3 is 2.75 bits per heavy atom. The third kappa shape index (κ3) is 2.85. The van der Waals surface area contributed by atoms with Crippen molar-refractivity contribution in [1.82, 2.24) is 0 Å². The molecule has 1 heterocycles. The molecule has 0 spiro atoms. The fourth-order valence-electron chi connectivity index (χ4n) is 2.80. The van der Waals surface area contributed by atoms with Crippen LogP contribution in [-0.2, 0) is 11.2 Å². The van der Waals surface area contributed by atoms with Gasteiger partial charge in [-0.25, -0.2) is 0 Å². The second-order valence-electron chi connectivity index (χ2n) is 4.86. The van der Waals surface area contributed by atoms with E-state index in [-0.39, 0.29) is 5.41 Å². The van der Waals surface area contributed by atoms with Gasteiger partial charge in [-0.1, -0.05) is 18.9 Å². The zero-order valence-electron chi connectivity index (χ0n) is 9.45. The van der Waals surface area contributed by atoms with Gasteiger partial charge < -0.3 is 5.11 Å². The summed E-state index contributed by atoms with van der Waals surface area (Å²) < 4.78 is 0. The highest BCUT2D eigenvalue weighted by Crippen LogP contribution is 2.44. The second-order valence-corrected chi connectivity index (χ2v) is 5.89. The Balaban J connectivity index is 1.94. The van der Waals surface area contributed by atoms with Gasteiger partial charge in [-0.05, 0) is 42.5 Å². The molecule has 88 valence electrons. The monoisotopic (exact) mass is 238 g/mol. The minimum absolute atomic E-state index is 0.0931. The Morgan fingerprint density at radius 1 is 1.44 bits per heavy atom. The molecule has 0 unspecified atom stereocenters. The lowest BCUT2D eigenvalue weighted by atomic mass is 9.78. The van der Waals surface area contributed by atoms with E-state index in [0.717, 1.165) is 25.7 Å². The minimum atomic E-state index is -0.631. The summed E-state index contributed by atoms with van der Waals surface area (Å²) in [5.74, 6) is -0.631. The van der Waals surface area contributed by atoms with E-state index in [9.17, 15) is 4.79 Å². The van der Waals surface area contributed by atoms with Crippen molar-refractivity contribution in [3.63, 3.8) is 0 Å². The summed E-state index contributed by atoms with van der Waals surface area (Å²) in [7, 11) is 0. The van der Waals surface area contributed by atoms with Gasteiger partial charge >= 0.3 is 5.97 Å². The molecule has 1 aliphatic carbocycles. The first-order chi connectivity index (χ1) is 7.70. The molecule has 1 fully saturated rings. The van der Waals surface area contributed by atoms with Crippen molar-refractivity contribution in [3.8, 4) is 0 Å². The van der Waals surface area contributed by atoms with Crippen molar-refractivity contribution in [1.29, 1.82) is 0 Å². The summed E-state index contributed by atoms with van der Waals surface area (Å²) in [5.41, 5.74) is 0.0931. The molecule has 0 atom stereocenters. The molecular formula is C13H18O2S. The molecule has 2 rings (SSSR count). The normalized spacial score (nSPS) is 18.8. The summed E-state index contributed by atoms with van der Waals surface area (Å²) in [6, 6.07) is 4.21. The van der Waals surface area contributed by atoms with Crippen LogP contribution in [0.5, 0.6) is 0 Å². The Labute approximate surface area is 100 Å². The average Bonchev–Trinajstić information content (AvgIpc) is 2.84. The zero-order chi connectivity index (χ0) is 11.4. The summed E-state index contributed by atoms with van der Waals surface area (Å²) in [5, 5.41) is 11.1. The molecule has 0 bridgehead atoms. The van der Waals surface area contributed by atoms with Crippen LogP contribution < -0.4 is 0 Å². The van der Waals surface area contributed by atoms with E-state index < -0.39 is 5.97 Å². The van der Waals surface area contributed by atoms with Crippen molar-refractivity contribution >= 4 is 17.3 Å². The number of aryl methyl sites for hydroxylation is 1. The maximum atomic E-state index is 10.9. The van der Waals surface area contributed by atoms with Crippen LogP contribution in [0.15, 0.2) is 17.5 Å². The van der Waals surface area contributed by atoms with Crippen molar-refractivity contribution in [2.75, 3.05) is 0 Å². The average molecular weight is 238 g/mol. The summed E-state index contributed by atoms with van der Waals surface area (Å²) in [6.45, 7) is 0. The Kier molecular flexibility index (Phi) is 3.64. The van der Waals surface area contributed by atoms with E-state index in [4.69, 9.17) is 5.11 Å². The van der Waals surface area contributed by atoms with Crippen molar-refractivity contribution in [2.45, 2.75) is 44.9 Å². The molecule has 0 radical (unpaired) electrons. The lowest BCUT2D eigenvalue weighted by Crippen LogP contribution is -2.21. The maximum absolute atomic E-state index is 10.9. The molecular weight excluding hydrogens is 220 g/mol. The van der Waals surface area contributed by atoms with Gasteiger partial charge in [-0.3, -0.25) is 4.79 Å². The highest BCUT2D eigenvalue weighted by atomic mass is 32.1. The quantitative estimate of drug-likeness (QED) is 0.849. The second kappa shape index (κ2) is 5.00. The number of rotatable bonds is 5. The van der Waals surface area contributed by atoms with Crippen LogP contribution in [0.1, 0.15) is 43.4 Å². The number of aliphatic carboxylic acids is 1. The van der Waals surface area contributed by atoms with Gasteiger partial charge in [0.1, 0.15) is 0 Å². The fourth-order valence-corrected chi connectivity index (χ4v) is 3.51. The molecule has 0 aromatic carbocycles. The maximum Gasteiger partial charge on any atom is 0.303 e. The van der Waals surface area contributed by atoms with E-state index in [1.54, 1.807) is 11.3 Å². The molecule has 0 aliphatic heterocycles. The number of carboxylic acids is 1. The smallest absolute Gasteiger partial charge is 0.303 e. The van der Waals surface area contributed by atoms with E-state index in [1.165, 1.54) is 17.7 Å². The molecule has 16 heavy (non-hydrogen) atoms. The van der Waals surface area contributed by atoms with Crippen molar-refractivity contribution < 1.29 is 9.90 Å². The van der Waals surface area contributed by atoms with Gasteiger partial charge in [-0.15, -0.1) is 11.3 Å². The number of thiophene rings is 1. The highest BCUT2D eigenvalue weighted by Gasteiger charge is 2.35. The Morgan fingerprint density at radius 2 is 2.19 bits per heavy atom. The molecule has 1 aromatic heterocycles. The summed E-state index contributed by atoms with van der Waals surface area (Å²) >= 11 is 1.78. The topological polar surface area (TPSA) is 37.3 Å². The van der Waals surface area contributed by atoms with Gasteiger partial charge in [0.05, 0.1) is 6.42 Å². The zero-order valence-corrected chi connectivity index (χ0v) is 10.3. The van der Waals surface area contributed by atoms with E-state index in [2.05, 4.69) is 17.5 Å². The predicted molar refractivity (Wildman–Crippen MR) is 65.8 cm³/mol. The van der Waals surface area contributed by atoms with Gasteiger partial charge in [-0.2, -0.15) is 0 Å². The fraction of sp³-hybridized carbons (Fsp3) is 0.615. The lowest BCUT2D eigenvalue weighted by Gasteiger charge is -2.26. The van der Waals surface area contributed by atoms with E-state index in [0.29, 0.717) is 6.42 Å². The number of carboxylic acid groups (broad SMARTS) is 1. The van der Waals surface area contributed by atoms with E-state index in [1.807, 2.05) is 0 Å². The molecule has 1 aromatic rings. The van der Waals surface area contributed by atoms with Gasteiger partial charge in [0, 0.05) is 4.88 Å². The third-order valence-corrected chi connectivity index (χ3v) is 4.61. The highest BCUT2D eigenvalue weighted by molar-refractivity contribution is 7.09. The molecule has 1 saturated carbocycles. The number of carbonyl (C=O) groups is 1. The van der Waals surface area contributed by atoms with Gasteiger partial charge in [0.25, 0.3) is 0 Å². The van der Waals surface area contributed by atoms with Crippen molar-refractivity contribution in [2.24, 2.45) is 5.41 Å². The number of hydrogen-bond donors (Lipinski definition) is 1. The van der Waals surface area contributed by atoms with Gasteiger partial charge in [0.15, 0.2) is 0 Å². The molecule has 2 nitrogen and oxygen atoms in total. The first-order valence-corrected chi connectivity index (χ1v) is 6.82. The molecule has 1 N–H and O–H groups in total. The molecule has 3 heteroatoms. The number of hydrogen-bond acceptors (Lipinski definition) is 2. The Bertz CT molecular complexity index is 337. The molecule has 0 amide bonds. The summed E-state index contributed by atoms with van der Waals surface area (Å²) in [6.07, 6.45) is 7.06. The third-order valence-electron chi connectivity index (χ3n) is 3.67. The minimum Gasteiger partial charge on any atom is -0.481 e. The molecule has 0 saturated heterocycles. The van der Waals surface area contributed by atoms with Crippen LogP contribution in [0.25, 0.3) is 0 Å². The largest absolute Gasteiger partial charge is 0.481 e. The van der Waals surface area contributed by atoms with E-state index >= 15 is 0 Å². The summed E-state index contributed by atoms with van der Waals surface area (Å²) in [4.78, 5) is 12.3. The Hall–Kier alpha value is -0.830. The van der Waals surface area contributed by atoms with Crippen LogP contribution >= 0.6 is 11.3 Å². The first-order valence-electron chi connectivity index (χ1n) is 5.94. The SMILES string of the molecule is O=C(O)CC1(CCc2cccs2)CCCC1. The van der Waals surface area contributed by atoms with Crippen LogP contribution in [0.2, 0.25) is 0 Å². The van der Waals surface area contributed by atoms with Crippen LogP contribution in [-0.4, -0.2) is 11.1 Å². The van der Waals surface area contributed by atoms with Crippen LogP contribution in [0.4, 0.5) is 0 Å². The standard InChI is InChI=1S/C13H18O2S/c14-12(15)10-13(6-1-2-7-13)8-5-11-4-3-9-16-11/h3-4,9H,1-2,5-8,10H2,(H,14,15). The predicted octanol–water partition coefficient (Wildman–Crippen LogP) is 3.72.